The number of rotatable bonds is 3. The van der Waals surface area contributed by atoms with Crippen LogP contribution in [-0.4, -0.2) is 0 Å². The second kappa shape index (κ2) is 7.61. The fourth-order valence-corrected chi connectivity index (χ4v) is 5.73. The van der Waals surface area contributed by atoms with Crippen LogP contribution in [0.5, 0.6) is 0 Å². The van der Waals surface area contributed by atoms with E-state index in [2.05, 4.69) is 111 Å². The summed E-state index contributed by atoms with van der Waals surface area (Å²) in [7, 11) is 0. The molecule has 0 amide bonds. The Bertz CT molecular complexity index is 1510. The third-order valence-electron chi connectivity index (χ3n) is 7.16. The minimum absolute atomic E-state index is 0.0392. The van der Waals surface area contributed by atoms with Gasteiger partial charge in [-0.15, -0.1) is 0 Å². The lowest BCUT2D eigenvalue weighted by Crippen LogP contribution is -2.15. The second-order valence-electron chi connectivity index (χ2n) is 9.56. The van der Waals surface area contributed by atoms with Gasteiger partial charge in [0.15, 0.2) is 0 Å². The molecule has 0 saturated heterocycles. The molecule has 0 fully saturated rings. The summed E-state index contributed by atoms with van der Waals surface area (Å²) in [6.45, 7) is 4.71. The summed E-state index contributed by atoms with van der Waals surface area (Å²) < 4.78 is 0. The van der Waals surface area contributed by atoms with Crippen molar-refractivity contribution in [3.8, 4) is 22.3 Å². The van der Waals surface area contributed by atoms with E-state index in [4.69, 9.17) is 11.6 Å². The molecule has 5 aromatic carbocycles. The van der Waals surface area contributed by atoms with Crippen LogP contribution in [0, 0.1) is 0 Å². The van der Waals surface area contributed by atoms with Crippen LogP contribution in [0.15, 0.2) is 103 Å². The molecule has 5 aromatic rings. The maximum absolute atomic E-state index is 6.74. The van der Waals surface area contributed by atoms with Gasteiger partial charge in [-0.05, 0) is 67.8 Å². The first-order chi connectivity index (χ1) is 16.0. The number of fused-ring (bicyclic) bond motifs is 5. The van der Waals surface area contributed by atoms with Gasteiger partial charge in [0.1, 0.15) is 0 Å². The van der Waals surface area contributed by atoms with Crippen molar-refractivity contribution in [3.05, 3.63) is 130 Å². The molecule has 0 nitrogen and oxygen atoms in total. The first-order valence-corrected chi connectivity index (χ1v) is 11.9. The highest BCUT2D eigenvalue weighted by Gasteiger charge is 2.36. The van der Waals surface area contributed by atoms with Crippen LogP contribution in [0.3, 0.4) is 0 Å². The number of hydrogen-bond acceptors (Lipinski definition) is 0. The maximum Gasteiger partial charge on any atom is 0.0447 e. The Morgan fingerprint density at radius 1 is 0.667 bits per heavy atom. The number of benzene rings is 5. The molecule has 1 aliphatic carbocycles. The van der Waals surface area contributed by atoms with E-state index >= 15 is 0 Å². The van der Waals surface area contributed by atoms with Crippen molar-refractivity contribution >= 4 is 22.4 Å². The van der Waals surface area contributed by atoms with Crippen LogP contribution in [-0.2, 0) is 11.8 Å². The molecule has 1 heteroatoms. The summed E-state index contributed by atoms with van der Waals surface area (Å²) >= 11 is 6.74. The first kappa shape index (κ1) is 20.3. The Balaban J connectivity index is 1.37. The highest BCUT2D eigenvalue weighted by molar-refractivity contribution is 6.31. The van der Waals surface area contributed by atoms with Gasteiger partial charge in [0.2, 0.25) is 0 Å². The lowest BCUT2D eigenvalue weighted by atomic mass is 9.79. The molecule has 0 unspecified atom stereocenters. The van der Waals surface area contributed by atoms with Gasteiger partial charge < -0.3 is 0 Å². The van der Waals surface area contributed by atoms with E-state index in [0.29, 0.717) is 0 Å². The summed E-state index contributed by atoms with van der Waals surface area (Å²) in [4.78, 5) is 0. The van der Waals surface area contributed by atoms with Crippen molar-refractivity contribution in [2.75, 3.05) is 0 Å². The average Bonchev–Trinajstić information content (AvgIpc) is 3.07. The fraction of sp³-hybridized carbons (Fsp3) is 0.125. The third kappa shape index (κ3) is 3.29. The number of hydrogen-bond donors (Lipinski definition) is 0. The zero-order valence-electron chi connectivity index (χ0n) is 18.9. The molecule has 0 atom stereocenters. The van der Waals surface area contributed by atoms with E-state index in [9.17, 15) is 0 Å². The van der Waals surface area contributed by atoms with Crippen LogP contribution in [0.4, 0.5) is 0 Å². The quantitative estimate of drug-likeness (QED) is 0.260. The van der Waals surface area contributed by atoms with E-state index in [0.717, 1.165) is 22.6 Å². The lowest BCUT2D eigenvalue weighted by Gasteiger charge is -2.23. The maximum atomic E-state index is 6.74. The predicted molar refractivity (Wildman–Crippen MR) is 141 cm³/mol. The summed E-state index contributed by atoms with van der Waals surface area (Å²) in [5.41, 5.74) is 10.3. The van der Waals surface area contributed by atoms with Crippen LogP contribution < -0.4 is 0 Å². The van der Waals surface area contributed by atoms with E-state index in [-0.39, 0.29) is 5.41 Å². The van der Waals surface area contributed by atoms with Gasteiger partial charge in [-0.3, -0.25) is 0 Å². The molecular formula is C32H25Cl. The van der Waals surface area contributed by atoms with Gasteiger partial charge in [-0.2, -0.15) is 0 Å². The summed E-state index contributed by atoms with van der Waals surface area (Å²) in [5, 5.41) is 3.49. The van der Waals surface area contributed by atoms with Crippen LogP contribution in [0.1, 0.15) is 36.1 Å². The third-order valence-corrected chi connectivity index (χ3v) is 7.51. The SMILES string of the molecule is CC1(C)c2cc(Cc3ccc(-c4ccccc4)cc3Cl)ccc2-c2ccc3ccccc3c21. The molecule has 0 heterocycles. The highest BCUT2D eigenvalue weighted by atomic mass is 35.5. The van der Waals surface area contributed by atoms with Crippen LogP contribution in [0.2, 0.25) is 5.02 Å². The molecule has 33 heavy (non-hydrogen) atoms. The fourth-order valence-electron chi connectivity index (χ4n) is 5.48. The summed E-state index contributed by atoms with van der Waals surface area (Å²) in [6.07, 6.45) is 0.828. The molecule has 160 valence electrons. The van der Waals surface area contributed by atoms with Crippen molar-refractivity contribution in [2.24, 2.45) is 0 Å². The summed E-state index contributed by atoms with van der Waals surface area (Å²) in [6, 6.07) is 37.1. The molecule has 0 bridgehead atoms. The second-order valence-corrected chi connectivity index (χ2v) is 9.97. The van der Waals surface area contributed by atoms with Crippen LogP contribution >= 0.6 is 11.6 Å². The van der Waals surface area contributed by atoms with E-state index < -0.39 is 0 Å². The van der Waals surface area contributed by atoms with E-state index in [1.807, 2.05) is 6.07 Å². The largest absolute Gasteiger partial charge is 0.0840 e. The molecule has 0 spiro atoms. The van der Waals surface area contributed by atoms with Crippen molar-refractivity contribution in [1.82, 2.24) is 0 Å². The summed E-state index contributed by atoms with van der Waals surface area (Å²) in [5.74, 6) is 0. The van der Waals surface area contributed by atoms with E-state index in [1.165, 1.54) is 44.2 Å². The average molecular weight is 445 g/mol. The zero-order chi connectivity index (χ0) is 22.6. The highest BCUT2D eigenvalue weighted by Crippen LogP contribution is 2.51. The molecule has 0 saturated carbocycles. The Hall–Kier alpha value is -3.35. The van der Waals surface area contributed by atoms with Gasteiger partial charge in [-0.1, -0.05) is 123 Å². The molecular weight excluding hydrogens is 420 g/mol. The molecule has 0 aromatic heterocycles. The monoisotopic (exact) mass is 444 g/mol. The van der Waals surface area contributed by atoms with Gasteiger partial charge in [-0.25, -0.2) is 0 Å². The Morgan fingerprint density at radius 2 is 1.42 bits per heavy atom. The molecule has 6 rings (SSSR count). The molecule has 1 aliphatic rings. The smallest absolute Gasteiger partial charge is 0.0447 e. The van der Waals surface area contributed by atoms with Gasteiger partial charge in [0.25, 0.3) is 0 Å². The van der Waals surface area contributed by atoms with Crippen molar-refractivity contribution in [2.45, 2.75) is 25.7 Å². The molecule has 0 aliphatic heterocycles. The molecule has 0 N–H and O–H groups in total. The van der Waals surface area contributed by atoms with Crippen LogP contribution in [0.25, 0.3) is 33.0 Å². The normalized spacial score (nSPS) is 13.7. The standard InChI is InChI=1S/C32H25Cl/c1-32(2)29-19-21(18-25-14-13-24(20-30(25)33)22-8-4-3-5-9-22)12-16-27(29)28-17-15-23-10-6-7-11-26(23)31(28)32/h3-17,19-20H,18H2,1-2H3. The Morgan fingerprint density at radius 3 is 2.24 bits per heavy atom. The van der Waals surface area contributed by atoms with Gasteiger partial charge in [0, 0.05) is 10.4 Å². The minimum atomic E-state index is -0.0392. The minimum Gasteiger partial charge on any atom is -0.0840 e. The van der Waals surface area contributed by atoms with Crippen molar-refractivity contribution in [3.63, 3.8) is 0 Å². The Labute approximate surface area is 200 Å². The zero-order valence-corrected chi connectivity index (χ0v) is 19.7. The first-order valence-electron chi connectivity index (χ1n) is 11.5. The van der Waals surface area contributed by atoms with Gasteiger partial charge >= 0.3 is 0 Å². The lowest BCUT2D eigenvalue weighted by molar-refractivity contribution is 0.665. The van der Waals surface area contributed by atoms with Gasteiger partial charge in [0.05, 0.1) is 0 Å². The number of halogens is 1. The Kier molecular flexibility index (Phi) is 4.67. The van der Waals surface area contributed by atoms with Crippen molar-refractivity contribution < 1.29 is 0 Å². The topological polar surface area (TPSA) is 0 Å². The van der Waals surface area contributed by atoms with E-state index in [1.54, 1.807) is 0 Å². The molecule has 0 radical (unpaired) electrons. The van der Waals surface area contributed by atoms with Crippen molar-refractivity contribution in [1.29, 1.82) is 0 Å². The predicted octanol–water partition coefficient (Wildman–Crippen LogP) is 9.06.